The van der Waals surface area contributed by atoms with E-state index in [0.717, 1.165) is 0 Å². The number of nitrogens with two attached hydrogens (primary N) is 3. The summed E-state index contributed by atoms with van der Waals surface area (Å²) in [7, 11) is 0. The van der Waals surface area contributed by atoms with Crippen LogP contribution in [0.25, 0.3) is 0 Å². The maximum atomic E-state index is 13.4. The molecule has 40 heavy (non-hydrogen) atoms. The predicted molar refractivity (Wildman–Crippen MR) is 145 cm³/mol. The number of aromatic nitrogens is 2. The molecule has 0 bridgehead atoms. The summed E-state index contributed by atoms with van der Waals surface area (Å²) in [6.45, 7) is 1.51. The summed E-state index contributed by atoms with van der Waals surface area (Å²) in [5, 5.41) is 26.9. The van der Waals surface area contributed by atoms with Gasteiger partial charge in [-0.2, -0.15) is 0 Å². The molecule has 15 heteroatoms. The van der Waals surface area contributed by atoms with Crippen molar-refractivity contribution in [1.82, 2.24) is 25.9 Å². The number of aliphatic imine (C=N–C) groups is 1. The molecular weight excluding hydrogens is 522 g/mol. The fraction of sp³-hybridized carbons (Fsp3) is 0.440. The number of aliphatic carboxylic acids is 1. The zero-order valence-corrected chi connectivity index (χ0v) is 22.1. The van der Waals surface area contributed by atoms with Crippen LogP contribution in [0.4, 0.5) is 0 Å². The second-order valence-corrected chi connectivity index (χ2v) is 9.21. The van der Waals surface area contributed by atoms with E-state index < -0.39 is 54.0 Å². The molecule has 0 saturated carbocycles. The molecule has 0 spiro atoms. The van der Waals surface area contributed by atoms with Crippen LogP contribution in [0, 0.1) is 0 Å². The van der Waals surface area contributed by atoms with Crippen LogP contribution in [0.5, 0.6) is 0 Å². The number of hydrogen-bond acceptors (Lipinski definition) is 8. The van der Waals surface area contributed by atoms with Crippen LogP contribution in [0.3, 0.4) is 0 Å². The number of carbonyl (C=O) groups excluding carboxylic acids is 3. The van der Waals surface area contributed by atoms with Crippen molar-refractivity contribution in [2.75, 3.05) is 6.54 Å². The first-order chi connectivity index (χ1) is 19.0. The number of imidazole rings is 1. The summed E-state index contributed by atoms with van der Waals surface area (Å²) in [5.74, 6) is -3.63. The van der Waals surface area contributed by atoms with E-state index in [4.69, 9.17) is 17.2 Å². The molecule has 0 aliphatic rings. The lowest BCUT2D eigenvalue weighted by molar-refractivity contribution is -0.142. The average molecular weight is 560 g/mol. The summed E-state index contributed by atoms with van der Waals surface area (Å²) in [5.41, 5.74) is 17.5. The Bertz CT molecular complexity index is 1140. The maximum Gasteiger partial charge on any atom is 0.326 e. The van der Waals surface area contributed by atoms with E-state index in [1.54, 1.807) is 30.3 Å². The van der Waals surface area contributed by atoms with Gasteiger partial charge in [-0.15, -0.1) is 0 Å². The van der Waals surface area contributed by atoms with E-state index in [2.05, 4.69) is 30.9 Å². The van der Waals surface area contributed by atoms with Crippen molar-refractivity contribution in [2.45, 2.75) is 62.9 Å². The quantitative estimate of drug-likeness (QED) is 0.0592. The van der Waals surface area contributed by atoms with Crippen LogP contribution in [0.15, 0.2) is 47.8 Å². The first kappa shape index (κ1) is 31.7. The van der Waals surface area contributed by atoms with Gasteiger partial charge in [-0.1, -0.05) is 30.3 Å². The Kier molecular flexibility index (Phi) is 12.5. The SMILES string of the molecule is CC(O)C(N)C(=O)NC(Cc1cnc[nH]1)C(=O)NC(Cc1ccccc1)C(=O)NC(CCCN=C(N)N)C(=O)O. The molecule has 0 aliphatic heterocycles. The summed E-state index contributed by atoms with van der Waals surface area (Å²) in [6, 6.07) is 3.86. The highest BCUT2D eigenvalue weighted by atomic mass is 16.4. The molecule has 1 heterocycles. The van der Waals surface area contributed by atoms with Gasteiger partial charge in [0, 0.05) is 31.3 Å². The third-order valence-corrected chi connectivity index (χ3v) is 5.91. The second-order valence-electron chi connectivity index (χ2n) is 9.21. The second kappa shape index (κ2) is 15.8. The van der Waals surface area contributed by atoms with Crippen molar-refractivity contribution in [3.8, 4) is 0 Å². The zero-order chi connectivity index (χ0) is 29.7. The smallest absolute Gasteiger partial charge is 0.326 e. The van der Waals surface area contributed by atoms with Crippen LogP contribution >= 0.6 is 0 Å². The molecule has 5 atom stereocenters. The number of benzene rings is 1. The van der Waals surface area contributed by atoms with E-state index in [1.165, 1.54) is 19.4 Å². The molecule has 12 N–H and O–H groups in total. The summed E-state index contributed by atoms with van der Waals surface area (Å²) in [6.07, 6.45) is 2.04. The van der Waals surface area contributed by atoms with Gasteiger partial charge in [0.15, 0.2) is 5.96 Å². The van der Waals surface area contributed by atoms with Crippen LogP contribution in [-0.4, -0.2) is 86.6 Å². The van der Waals surface area contributed by atoms with Crippen molar-refractivity contribution in [3.63, 3.8) is 0 Å². The van der Waals surface area contributed by atoms with Crippen molar-refractivity contribution >= 4 is 29.7 Å². The lowest BCUT2D eigenvalue weighted by atomic mass is 10.0. The Morgan fingerprint density at radius 3 is 2.12 bits per heavy atom. The number of amides is 3. The van der Waals surface area contributed by atoms with Gasteiger partial charge in [-0.25, -0.2) is 9.78 Å². The Morgan fingerprint density at radius 2 is 1.57 bits per heavy atom. The minimum absolute atomic E-state index is 0.0215. The Morgan fingerprint density at radius 1 is 0.975 bits per heavy atom. The topological polar surface area (TPSA) is 264 Å². The van der Waals surface area contributed by atoms with Crippen LogP contribution < -0.4 is 33.2 Å². The lowest BCUT2D eigenvalue weighted by Gasteiger charge is -2.25. The summed E-state index contributed by atoms with van der Waals surface area (Å²) < 4.78 is 0. The molecule has 5 unspecified atom stereocenters. The number of carboxylic acid groups (broad SMARTS) is 1. The highest BCUT2D eigenvalue weighted by Crippen LogP contribution is 2.08. The minimum Gasteiger partial charge on any atom is -0.480 e. The van der Waals surface area contributed by atoms with Gasteiger partial charge in [-0.3, -0.25) is 19.4 Å². The molecule has 0 fully saturated rings. The maximum absolute atomic E-state index is 13.4. The van der Waals surface area contributed by atoms with Gasteiger partial charge in [0.1, 0.15) is 24.2 Å². The number of carbonyl (C=O) groups is 4. The van der Waals surface area contributed by atoms with Gasteiger partial charge in [0.25, 0.3) is 0 Å². The lowest BCUT2D eigenvalue weighted by Crippen LogP contribution is -2.59. The number of aliphatic hydroxyl groups is 1. The molecule has 1 aromatic carbocycles. The first-order valence-electron chi connectivity index (χ1n) is 12.6. The molecule has 2 rings (SSSR count). The van der Waals surface area contributed by atoms with Gasteiger partial charge < -0.3 is 48.3 Å². The third kappa shape index (κ3) is 10.7. The van der Waals surface area contributed by atoms with Gasteiger partial charge in [0.05, 0.1) is 12.4 Å². The zero-order valence-electron chi connectivity index (χ0n) is 22.1. The Hall–Kier alpha value is -4.50. The number of carboxylic acids is 1. The average Bonchev–Trinajstić information content (AvgIpc) is 3.42. The number of nitrogens with zero attached hydrogens (tertiary/aromatic N) is 2. The fourth-order valence-electron chi connectivity index (χ4n) is 3.68. The number of aliphatic hydroxyl groups excluding tert-OH is 1. The highest BCUT2D eigenvalue weighted by molar-refractivity contribution is 5.94. The minimum atomic E-state index is -1.30. The van der Waals surface area contributed by atoms with E-state index in [-0.39, 0.29) is 38.2 Å². The monoisotopic (exact) mass is 559 g/mol. The standard InChI is InChI=1S/C25H37N9O6/c1-14(35)20(26)23(38)34-19(11-16-12-29-13-31-16)22(37)33-18(10-15-6-3-2-4-7-15)21(36)32-17(24(39)40)8-5-9-30-25(27)28/h2-4,6-7,12-14,17-20,35H,5,8-11,26H2,1H3,(H,29,31)(H,32,36)(H,33,37)(H,34,38)(H,39,40)(H4,27,28,30). The molecule has 0 saturated heterocycles. The van der Waals surface area contributed by atoms with E-state index in [1.807, 2.05) is 0 Å². The first-order valence-corrected chi connectivity index (χ1v) is 12.6. The molecule has 0 aliphatic carbocycles. The number of aromatic amines is 1. The number of nitrogens with one attached hydrogen (secondary N) is 4. The molecule has 2 aromatic rings. The fourth-order valence-corrected chi connectivity index (χ4v) is 3.68. The van der Waals surface area contributed by atoms with Crippen molar-refractivity contribution < 1.29 is 29.4 Å². The normalized spacial score (nSPS) is 14.6. The molecule has 3 amide bonds. The highest BCUT2D eigenvalue weighted by Gasteiger charge is 2.31. The molecule has 15 nitrogen and oxygen atoms in total. The third-order valence-electron chi connectivity index (χ3n) is 5.91. The Labute approximate surface area is 231 Å². The van der Waals surface area contributed by atoms with E-state index in [0.29, 0.717) is 11.3 Å². The van der Waals surface area contributed by atoms with Gasteiger partial charge >= 0.3 is 5.97 Å². The van der Waals surface area contributed by atoms with E-state index >= 15 is 0 Å². The molecular formula is C25H37N9O6. The molecule has 1 aromatic heterocycles. The molecule has 0 radical (unpaired) electrons. The summed E-state index contributed by atoms with van der Waals surface area (Å²) >= 11 is 0. The van der Waals surface area contributed by atoms with Crippen LogP contribution in [-0.2, 0) is 32.0 Å². The largest absolute Gasteiger partial charge is 0.480 e. The van der Waals surface area contributed by atoms with Crippen molar-refractivity contribution in [3.05, 3.63) is 54.1 Å². The predicted octanol–water partition coefficient (Wildman–Crippen LogP) is -2.50. The van der Waals surface area contributed by atoms with E-state index in [9.17, 15) is 29.4 Å². The van der Waals surface area contributed by atoms with Crippen molar-refractivity contribution in [2.24, 2.45) is 22.2 Å². The van der Waals surface area contributed by atoms with Crippen LogP contribution in [0.1, 0.15) is 31.0 Å². The van der Waals surface area contributed by atoms with Crippen LogP contribution in [0.2, 0.25) is 0 Å². The molecule has 218 valence electrons. The van der Waals surface area contributed by atoms with Crippen molar-refractivity contribution in [1.29, 1.82) is 0 Å². The number of H-pyrrole nitrogens is 1. The number of hydrogen-bond donors (Lipinski definition) is 9. The van der Waals surface area contributed by atoms with Gasteiger partial charge in [0.2, 0.25) is 17.7 Å². The summed E-state index contributed by atoms with van der Waals surface area (Å²) in [4.78, 5) is 61.6. The number of rotatable bonds is 16. The Balaban J connectivity index is 2.24. The number of guanidine groups is 1. The van der Waals surface area contributed by atoms with Gasteiger partial charge in [-0.05, 0) is 25.3 Å².